The van der Waals surface area contributed by atoms with Crippen LogP contribution in [0.2, 0.25) is 0 Å². The normalized spacial score (nSPS) is 19.4. The van der Waals surface area contributed by atoms with Crippen LogP contribution in [0.15, 0.2) is 18.3 Å². The molecular weight excluding hydrogens is 206 g/mol. The molecule has 0 aromatic carbocycles. The minimum absolute atomic E-state index is 0.409. The molecule has 0 spiro atoms. The number of rotatable bonds is 2. The number of hydrogen-bond acceptors (Lipinski definition) is 3. The fourth-order valence-electron chi connectivity index (χ4n) is 2.33. The molecule has 0 saturated heterocycles. The van der Waals surface area contributed by atoms with E-state index < -0.39 is 5.60 Å². The van der Waals surface area contributed by atoms with Gasteiger partial charge in [0, 0.05) is 6.07 Å². The van der Waals surface area contributed by atoms with Crippen LogP contribution in [0.5, 0.6) is 5.75 Å². The molecule has 1 N–H and O–H groups in total. The van der Waals surface area contributed by atoms with Gasteiger partial charge in [-0.2, -0.15) is 4.73 Å². The summed E-state index contributed by atoms with van der Waals surface area (Å²) in [5, 5.41) is 22.2. The molecule has 4 heteroatoms. The molecule has 0 unspecified atom stereocenters. The van der Waals surface area contributed by atoms with Crippen molar-refractivity contribution in [2.45, 2.75) is 37.7 Å². The predicted octanol–water partition coefficient (Wildman–Crippen LogP) is 1.48. The summed E-state index contributed by atoms with van der Waals surface area (Å²) in [5.74, 6) is 0.612. The van der Waals surface area contributed by atoms with E-state index in [-0.39, 0.29) is 0 Å². The molecule has 0 radical (unpaired) electrons. The van der Waals surface area contributed by atoms with Crippen LogP contribution >= 0.6 is 0 Å². The molecule has 16 heavy (non-hydrogen) atoms. The lowest BCUT2D eigenvalue weighted by atomic mass is 9.82. The molecule has 1 heterocycles. The average Bonchev–Trinajstić information content (AvgIpc) is 2.30. The Balaban J connectivity index is 2.37. The Kier molecular flexibility index (Phi) is 3.01. The Hall–Kier alpha value is -1.29. The first-order chi connectivity index (χ1) is 7.65. The summed E-state index contributed by atoms with van der Waals surface area (Å²) in [7, 11) is 1.55. The highest BCUT2D eigenvalue weighted by atomic mass is 16.5. The van der Waals surface area contributed by atoms with E-state index in [1.165, 1.54) is 6.20 Å². The topological polar surface area (TPSA) is 56.4 Å². The van der Waals surface area contributed by atoms with Crippen LogP contribution in [0.1, 0.15) is 37.8 Å². The van der Waals surface area contributed by atoms with E-state index >= 15 is 0 Å². The van der Waals surface area contributed by atoms with E-state index in [0.717, 1.165) is 24.0 Å². The van der Waals surface area contributed by atoms with Crippen molar-refractivity contribution in [2.75, 3.05) is 7.11 Å². The third-order valence-corrected chi connectivity index (χ3v) is 3.28. The van der Waals surface area contributed by atoms with Gasteiger partial charge in [0.15, 0.2) is 6.20 Å². The first-order valence-electron chi connectivity index (χ1n) is 5.66. The van der Waals surface area contributed by atoms with E-state index in [9.17, 15) is 10.3 Å². The molecule has 4 nitrogen and oxygen atoms in total. The maximum atomic E-state index is 11.7. The minimum atomic E-state index is -0.978. The largest absolute Gasteiger partial charge is 0.618 e. The van der Waals surface area contributed by atoms with Crippen LogP contribution in [0.25, 0.3) is 0 Å². The standard InChI is InChI=1S/C12H17NO3/c1-16-10-5-8-13(15)11(9-10)12(14)6-3-2-4-7-12/h5,8-9,14H,2-4,6-7H2,1H3. The van der Waals surface area contributed by atoms with Crippen LogP contribution in [-0.2, 0) is 5.60 Å². The van der Waals surface area contributed by atoms with E-state index in [1.807, 2.05) is 0 Å². The second kappa shape index (κ2) is 4.29. The van der Waals surface area contributed by atoms with Gasteiger partial charge in [-0.15, -0.1) is 0 Å². The summed E-state index contributed by atoms with van der Waals surface area (Å²) < 4.78 is 5.83. The quantitative estimate of drug-likeness (QED) is 0.610. The molecule has 1 aliphatic carbocycles. The van der Waals surface area contributed by atoms with Crippen molar-refractivity contribution in [1.29, 1.82) is 0 Å². The average molecular weight is 223 g/mol. The SMILES string of the molecule is COc1cc[n+]([O-])c(C2(O)CCCCC2)c1. The highest BCUT2D eigenvalue weighted by molar-refractivity contribution is 5.23. The Morgan fingerprint density at radius 3 is 2.69 bits per heavy atom. The van der Waals surface area contributed by atoms with Crippen LogP contribution in [-0.4, -0.2) is 12.2 Å². The maximum Gasteiger partial charge on any atom is 0.228 e. The molecular formula is C12H17NO3. The van der Waals surface area contributed by atoms with Crippen molar-refractivity contribution >= 4 is 0 Å². The number of nitrogens with zero attached hydrogens (tertiary/aromatic N) is 1. The van der Waals surface area contributed by atoms with Gasteiger partial charge in [-0.05, 0) is 25.7 Å². The molecule has 1 saturated carbocycles. The summed E-state index contributed by atoms with van der Waals surface area (Å²) in [6, 6.07) is 3.24. The second-order valence-electron chi connectivity index (χ2n) is 4.37. The zero-order chi connectivity index (χ0) is 11.6. The molecule has 88 valence electrons. The number of pyridine rings is 1. The van der Waals surface area contributed by atoms with Crippen molar-refractivity contribution in [2.24, 2.45) is 0 Å². The number of aromatic nitrogens is 1. The summed E-state index contributed by atoms with van der Waals surface area (Å²) in [6.07, 6.45) is 5.76. The van der Waals surface area contributed by atoms with Crippen molar-refractivity contribution in [1.82, 2.24) is 0 Å². The van der Waals surface area contributed by atoms with E-state index in [4.69, 9.17) is 4.74 Å². The number of aliphatic hydroxyl groups is 1. The minimum Gasteiger partial charge on any atom is -0.618 e. The number of ether oxygens (including phenoxy) is 1. The zero-order valence-corrected chi connectivity index (χ0v) is 9.48. The smallest absolute Gasteiger partial charge is 0.228 e. The van der Waals surface area contributed by atoms with Gasteiger partial charge < -0.3 is 15.1 Å². The summed E-state index contributed by atoms with van der Waals surface area (Å²) in [6.45, 7) is 0. The lowest BCUT2D eigenvalue weighted by Crippen LogP contribution is -2.43. The first kappa shape index (κ1) is 11.2. The van der Waals surface area contributed by atoms with Gasteiger partial charge in [-0.25, -0.2) is 0 Å². The van der Waals surface area contributed by atoms with Crippen molar-refractivity contribution < 1.29 is 14.6 Å². The third kappa shape index (κ3) is 1.97. The predicted molar refractivity (Wildman–Crippen MR) is 58.9 cm³/mol. The fraction of sp³-hybridized carbons (Fsp3) is 0.583. The molecule has 1 aliphatic rings. The molecule has 0 bridgehead atoms. The summed E-state index contributed by atoms with van der Waals surface area (Å²) >= 11 is 0. The lowest BCUT2D eigenvalue weighted by molar-refractivity contribution is -0.623. The molecule has 0 atom stereocenters. The van der Waals surface area contributed by atoms with Gasteiger partial charge in [0.1, 0.15) is 11.4 Å². The van der Waals surface area contributed by atoms with Gasteiger partial charge in [0.05, 0.1) is 13.2 Å². The second-order valence-corrected chi connectivity index (χ2v) is 4.37. The highest BCUT2D eigenvalue weighted by Gasteiger charge is 2.38. The van der Waals surface area contributed by atoms with Gasteiger partial charge in [0.2, 0.25) is 5.69 Å². The maximum absolute atomic E-state index is 11.7. The molecule has 1 aromatic heterocycles. The van der Waals surface area contributed by atoms with Crippen LogP contribution in [0.3, 0.4) is 0 Å². The number of hydrogen-bond donors (Lipinski definition) is 1. The van der Waals surface area contributed by atoms with E-state index in [0.29, 0.717) is 24.3 Å². The van der Waals surface area contributed by atoms with E-state index in [1.54, 1.807) is 19.2 Å². The van der Waals surface area contributed by atoms with Crippen LogP contribution < -0.4 is 9.47 Å². The highest BCUT2D eigenvalue weighted by Crippen LogP contribution is 2.36. The summed E-state index contributed by atoms with van der Waals surface area (Å²) in [4.78, 5) is 0. The zero-order valence-electron chi connectivity index (χ0n) is 9.48. The van der Waals surface area contributed by atoms with Gasteiger partial charge in [0.25, 0.3) is 0 Å². The summed E-state index contributed by atoms with van der Waals surface area (Å²) in [5.41, 5.74) is -0.569. The molecule has 0 amide bonds. The van der Waals surface area contributed by atoms with Crippen molar-refractivity contribution in [3.63, 3.8) is 0 Å². The molecule has 0 aliphatic heterocycles. The third-order valence-electron chi connectivity index (χ3n) is 3.28. The first-order valence-corrected chi connectivity index (χ1v) is 5.66. The molecule has 2 rings (SSSR count). The Bertz CT molecular complexity index is 373. The molecule has 1 aromatic rings. The Morgan fingerprint density at radius 1 is 1.38 bits per heavy atom. The van der Waals surface area contributed by atoms with Crippen LogP contribution in [0, 0.1) is 5.21 Å². The number of methoxy groups -OCH3 is 1. The Morgan fingerprint density at radius 2 is 2.06 bits per heavy atom. The van der Waals surface area contributed by atoms with Crippen molar-refractivity contribution in [3.8, 4) is 5.75 Å². The monoisotopic (exact) mass is 223 g/mol. The fourth-order valence-corrected chi connectivity index (χ4v) is 2.33. The van der Waals surface area contributed by atoms with Gasteiger partial charge >= 0.3 is 0 Å². The molecule has 1 fully saturated rings. The Labute approximate surface area is 95.1 Å². The van der Waals surface area contributed by atoms with Gasteiger partial charge in [-0.1, -0.05) is 6.42 Å². The van der Waals surface area contributed by atoms with Crippen molar-refractivity contribution in [3.05, 3.63) is 29.2 Å². The lowest BCUT2D eigenvalue weighted by Gasteiger charge is -2.30. The van der Waals surface area contributed by atoms with Gasteiger partial charge in [-0.3, -0.25) is 0 Å². The van der Waals surface area contributed by atoms with E-state index in [2.05, 4.69) is 0 Å². The van der Waals surface area contributed by atoms with Crippen LogP contribution in [0.4, 0.5) is 0 Å².